The van der Waals surface area contributed by atoms with Gasteiger partial charge in [-0.05, 0) is 19.3 Å². The van der Waals surface area contributed by atoms with Crippen LogP contribution in [0.4, 0.5) is 0 Å². The van der Waals surface area contributed by atoms with Gasteiger partial charge in [0.1, 0.15) is 0 Å². The Balaban J connectivity index is 1.89. The third kappa shape index (κ3) is 3.06. The van der Waals surface area contributed by atoms with Crippen molar-refractivity contribution < 1.29 is 4.79 Å². The largest absolute Gasteiger partial charge is 0.272 e. The molecule has 1 aliphatic carbocycles. The quantitative estimate of drug-likeness (QED) is 0.672. The van der Waals surface area contributed by atoms with E-state index < -0.39 is 0 Å². The van der Waals surface area contributed by atoms with Crippen molar-refractivity contribution in [3.8, 4) is 0 Å². The Morgan fingerprint density at radius 1 is 0.938 bits per heavy atom. The van der Waals surface area contributed by atoms with Crippen molar-refractivity contribution in [2.45, 2.75) is 64.2 Å². The zero-order valence-electron chi connectivity index (χ0n) is 10.0. The Labute approximate surface area is 97.7 Å². The third-order valence-corrected chi connectivity index (χ3v) is 3.70. The minimum atomic E-state index is 0.0967. The number of amides is 1. The van der Waals surface area contributed by atoms with Crippen LogP contribution in [-0.2, 0) is 4.79 Å². The van der Waals surface area contributed by atoms with Gasteiger partial charge in [0.15, 0.2) is 0 Å². The summed E-state index contributed by atoms with van der Waals surface area (Å²) in [4.78, 5) is 11.6. The summed E-state index contributed by atoms with van der Waals surface area (Å²) >= 11 is 0. The Morgan fingerprint density at radius 2 is 1.56 bits per heavy atom. The molecule has 2 aliphatic rings. The van der Waals surface area contributed by atoms with E-state index in [2.05, 4.69) is 10.5 Å². The fraction of sp³-hybridized carbons (Fsp3) is 0.846. The number of hydrogen-bond donors (Lipinski definition) is 1. The molecular weight excluding hydrogens is 200 g/mol. The maximum absolute atomic E-state index is 11.6. The Bertz CT molecular complexity index is 273. The summed E-state index contributed by atoms with van der Waals surface area (Å²) in [5.41, 5.74) is 3.75. The van der Waals surface area contributed by atoms with Crippen LogP contribution < -0.4 is 5.43 Å². The van der Waals surface area contributed by atoms with Gasteiger partial charge in [-0.15, -0.1) is 0 Å². The number of carbonyl (C=O) groups is 1. The molecule has 0 aromatic carbocycles. The molecule has 90 valence electrons. The van der Waals surface area contributed by atoms with E-state index in [4.69, 9.17) is 0 Å². The third-order valence-electron chi connectivity index (χ3n) is 3.70. The van der Waals surface area contributed by atoms with Crippen LogP contribution in [0.3, 0.4) is 0 Å². The normalized spacial score (nSPS) is 28.4. The smallest absolute Gasteiger partial charge is 0.248 e. The number of nitrogens with one attached hydrogen (secondary N) is 1. The molecule has 1 saturated carbocycles. The fourth-order valence-electron chi connectivity index (χ4n) is 2.68. The summed E-state index contributed by atoms with van der Waals surface area (Å²) in [5.74, 6) is 0.228. The highest BCUT2D eigenvalue weighted by Gasteiger charge is 2.28. The summed E-state index contributed by atoms with van der Waals surface area (Å²) in [6.07, 6.45) is 12.4. The predicted octanol–water partition coefficient (Wildman–Crippen LogP) is 3.00. The Morgan fingerprint density at radius 3 is 2.31 bits per heavy atom. The van der Waals surface area contributed by atoms with Crippen LogP contribution in [0.25, 0.3) is 0 Å². The van der Waals surface area contributed by atoms with E-state index >= 15 is 0 Å². The van der Waals surface area contributed by atoms with Crippen molar-refractivity contribution in [2.75, 3.05) is 0 Å². The molecule has 3 nitrogen and oxygen atoms in total. The van der Waals surface area contributed by atoms with Gasteiger partial charge in [0, 0.05) is 0 Å². The molecule has 1 N–H and O–H groups in total. The molecule has 1 heterocycles. The van der Waals surface area contributed by atoms with Crippen molar-refractivity contribution in [1.29, 1.82) is 0 Å². The average molecular weight is 222 g/mol. The molecule has 3 heteroatoms. The van der Waals surface area contributed by atoms with E-state index in [0.29, 0.717) is 0 Å². The summed E-state index contributed by atoms with van der Waals surface area (Å²) in [7, 11) is 0. The second-order valence-corrected chi connectivity index (χ2v) is 5.00. The molecule has 1 fully saturated rings. The topological polar surface area (TPSA) is 41.5 Å². The fourth-order valence-corrected chi connectivity index (χ4v) is 2.68. The average Bonchev–Trinajstić information content (AvgIpc) is 2.60. The zero-order chi connectivity index (χ0) is 11.2. The van der Waals surface area contributed by atoms with E-state index in [-0.39, 0.29) is 11.8 Å². The van der Waals surface area contributed by atoms with Gasteiger partial charge in [0.05, 0.1) is 11.6 Å². The maximum atomic E-state index is 11.6. The number of hydrogen-bond acceptors (Lipinski definition) is 2. The first-order valence-electron chi connectivity index (χ1n) is 6.74. The molecule has 0 saturated heterocycles. The molecule has 1 atom stereocenters. The number of nitrogens with zero attached hydrogens (tertiary/aromatic N) is 1. The van der Waals surface area contributed by atoms with E-state index in [1.165, 1.54) is 51.4 Å². The molecule has 0 radical (unpaired) electrons. The monoisotopic (exact) mass is 222 g/mol. The van der Waals surface area contributed by atoms with Gasteiger partial charge < -0.3 is 0 Å². The van der Waals surface area contributed by atoms with Crippen LogP contribution >= 0.6 is 0 Å². The number of carbonyl (C=O) groups excluding carboxylic acids is 1. The molecule has 16 heavy (non-hydrogen) atoms. The predicted molar refractivity (Wildman–Crippen MR) is 65.2 cm³/mol. The molecule has 1 unspecified atom stereocenters. The zero-order valence-corrected chi connectivity index (χ0v) is 10.0. The van der Waals surface area contributed by atoms with E-state index in [1.54, 1.807) is 0 Å². The second kappa shape index (κ2) is 6.02. The highest BCUT2D eigenvalue weighted by molar-refractivity contribution is 6.07. The summed E-state index contributed by atoms with van der Waals surface area (Å²) in [6, 6.07) is 0. The molecule has 0 bridgehead atoms. The lowest BCUT2D eigenvalue weighted by atomic mass is 9.91. The molecule has 0 spiro atoms. The van der Waals surface area contributed by atoms with Crippen molar-refractivity contribution >= 4 is 11.6 Å². The first-order valence-corrected chi connectivity index (χ1v) is 6.74. The van der Waals surface area contributed by atoms with Crippen LogP contribution in [-0.4, -0.2) is 11.6 Å². The minimum absolute atomic E-state index is 0.0967. The van der Waals surface area contributed by atoms with Crippen molar-refractivity contribution in [1.82, 2.24) is 5.43 Å². The Kier molecular flexibility index (Phi) is 4.37. The van der Waals surface area contributed by atoms with Gasteiger partial charge in [-0.3, -0.25) is 4.79 Å². The number of rotatable bonds is 0. The highest BCUT2D eigenvalue weighted by Crippen LogP contribution is 2.22. The van der Waals surface area contributed by atoms with Gasteiger partial charge in [-0.1, -0.05) is 44.9 Å². The van der Waals surface area contributed by atoms with E-state index in [0.717, 1.165) is 18.6 Å². The Hall–Kier alpha value is -0.860. The van der Waals surface area contributed by atoms with Gasteiger partial charge in [0.25, 0.3) is 0 Å². The van der Waals surface area contributed by atoms with Gasteiger partial charge in [-0.25, -0.2) is 5.43 Å². The number of hydrazone groups is 1. The van der Waals surface area contributed by atoms with Crippen molar-refractivity contribution in [3.05, 3.63) is 0 Å². The summed E-state index contributed by atoms with van der Waals surface area (Å²) in [6.45, 7) is 0. The lowest BCUT2D eigenvalue weighted by Crippen LogP contribution is -2.23. The van der Waals surface area contributed by atoms with Gasteiger partial charge >= 0.3 is 0 Å². The number of fused-ring (bicyclic) bond motifs is 1. The standard InChI is InChI=1S/C13H22N2O/c16-13-11-9-7-5-3-1-2-4-6-8-10-12(11)14-15-13/h11H,1-10H2,(H,15,16). The van der Waals surface area contributed by atoms with Crippen LogP contribution in [0.5, 0.6) is 0 Å². The molecule has 0 aromatic heterocycles. The SMILES string of the molecule is O=C1NN=C2CCCCCCCCCCC12. The van der Waals surface area contributed by atoms with Crippen LogP contribution in [0.1, 0.15) is 64.2 Å². The van der Waals surface area contributed by atoms with Gasteiger partial charge in [0.2, 0.25) is 5.91 Å². The van der Waals surface area contributed by atoms with Crippen molar-refractivity contribution in [2.24, 2.45) is 11.0 Å². The van der Waals surface area contributed by atoms with Gasteiger partial charge in [-0.2, -0.15) is 5.10 Å². The molecule has 1 amide bonds. The first-order chi connectivity index (χ1) is 7.88. The molecular formula is C13H22N2O. The lowest BCUT2D eigenvalue weighted by molar-refractivity contribution is -0.122. The molecule has 0 aromatic rings. The molecule has 1 aliphatic heterocycles. The van der Waals surface area contributed by atoms with Crippen LogP contribution in [0.15, 0.2) is 5.10 Å². The van der Waals surface area contributed by atoms with Crippen LogP contribution in [0, 0.1) is 5.92 Å². The lowest BCUT2D eigenvalue weighted by Gasteiger charge is -2.11. The second-order valence-electron chi connectivity index (χ2n) is 5.00. The summed E-state index contributed by atoms with van der Waals surface area (Å²) < 4.78 is 0. The maximum Gasteiger partial charge on any atom is 0.248 e. The van der Waals surface area contributed by atoms with Crippen molar-refractivity contribution in [3.63, 3.8) is 0 Å². The highest BCUT2D eigenvalue weighted by atomic mass is 16.2. The van der Waals surface area contributed by atoms with Crippen LogP contribution in [0.2, 0.25) is 0 Å². The van der Waals surface area contributed by atoms with E-state index in [9.17, 15) is 4.79 Å². The first kappa shape index (κ1) is 11.6. The summed E-state index contributed by atoms with van der Waals surface area (Å²) in [5, 5.41) is 4.18. The van der Waals surface area contributed by atoms with E-state index in [1.807, 2.05) is 0 Å². The minimum Gasteiger partial charge on any atom is -0.272 e. The molecule has 2 rings (SSSR count).